The zero-order valence-corrected chi connectivity index (χ0v) is 19.9. The van der Waals surface area contributed by atoms with Crippen molar-refractivity contribution in [2.45, 2.75) is 52.8 Å². The Labute approximate surface area is 195 Å². The summed E-state index contributed by atoms with van der Waals surface area (Å²) in [5.74, 6) is 0.792. The molecule has 0 spiro atoms. The van der Waals surface area contributed by atoms with Gasteiger partial charge in [0.2, 0.25) is 5.88 Å². The van der Waals surface area contributed by atoms with Gasteiger partial charge in [-0.2, -0.15) is 5.10 Å². The molecule has 3 aromatic rings. The molecule has 1 aromatic heterocycles. The Hall–Kier alpha value is -2.74. The third-order valence-corrected chi connectivity index (χ3v) is 5.70. The van der Waals surface area contributed by atoms with E-state index in [1.807, 2.05) is 44.2 Å². The zero-order valence-electron chi connectivity index (χ0n) is 19.9. The van der Waals surface area contributed by atoms with E-state index in [-0.39, 0.29) is 11.9 Å². The molecule has 0 radical (unpaired) electrons. The lowest BCUT2D eigenvalue weighted by Gasteiger charge is -2.30. The van der Waals surface area contributed by atoms with Crippen molar-refractivity contribution in [2.24, 2.45) is 0 Å². The number of nitrogens with zero attached hydrogens (tertiary/aromatic N) is 3. The summed E-state index contributed by atoms with van der Waals surface area (Å²) < 4.78 is 26.9. The second-order valence-corrected chi connectivity index (χ2v) is 8.17. The van der Waals surface area contributed by atoms with Gasteiger partial charge in [-0.1, -0.05) is 25.1 Å². The summed E-state index contributed by atoms with van der Waals surface area (Å²) in [6.45, 7) is 10.0. The van der Waals surface area contributed by atoms with Crippen LogP contribution in [0, 0.1) is 12.7 Å². The molecule has 0 saturated carbocycles. The predicted molar refractivity (Wildman–Crippen MR) is 127 cm³/mol. The van der Waals surface area contributed by atoms with Crippen LogP contribution in [0.4, 0.5) is 4.39 Å². The van der Waals surface area contributed by atoms with Gasteiger partial charge in [0.05, 0.1) is 29.7 Å². The SMILES string of the molecule is CCOC[C@H](O)CN(Cc1c(C)nn(-c2ccccc2)c1Oc1ccc(F)cc1)[C@@H](C)CC. The molecular weight excluding hydrogens is 421 g/mol. The van der Waals surface area contributed by atoms with Gasteiger partial charge in [0, 0.05) is 25.7 Å². The highest BCUT2D eigenvalue weighted by Crippen LogP contribution is 2.32. The van der Waals surface area contributed by atoms with Gasteiger partial charge >= 0.3 is 0 Å². The maximum atomic E-state index is 13.4. The first kappa shape index (κ1) is 24.9. The number of para-hydroxylation sites is 1. The molecule has 1 heterocycles. The van der Waals surface area contributed by atoms with Crippen LogP contribution in [0.5, 0.6) is 11.6 Å². The van der Waals surface area contributed by atoms with Crippen LogP contribution in [-0.2, 0) is 11.3 Å². The fourth-order valence-corrected chi connectivity index (χ4v) is 3.62. The Kier molecular flexibility index (Phi) is 9.00. The van der Waals surface area contributed by atoms with Gasteiger partial charge in [0.25, 0.3) is 0 Å². The van der Waals surface area contributed by atoms with Gasteiger partial charge in [0.15, 0.2) is 0 Å². The monoisotopic (exact) mass is 455 g/mol. The number of aliphatic hydroxyl groups is 1. The van der Waals surface area contributed by atoms with Gasteiger partial charge in [0.1, 0.15) is 11.6 Å². The molecule has 0 aliphatic carbocycles. The lowest BCUT2D eigenvalue weighted by atomic mass is 10.1. The predicted octanol–water partition coefficient (Wildman–Crippen LogP) is 5.11. The van der Waals surface area contributed by atoms with E-state index in [0.717, 1.165) is 23.4 Å². The van der Waals surface area contributed by atoms with Gasteiger partial charge in [-0.25, -0.2) is 9.07 Å². The van der Waals surface area contributed by atoms with Crippen LogP contribution in [0.25, 0.3) is 5.69 Å². The first-order chi connectivity index (χ1) is 15.9. The average molecular weight is 456 g/mol. The zero-order chi connectivity index (χ0) is 23.8. The molecule has 2 atom stereocenters. The quantitative estimate of drug-likeness (QED) is 0.411. The number of ether oxygens (including phenoxy) is 2. The summed E-state index contributed by atoms with van der Waals surface area (Å²) >= 11 is 0. The number of halogens is 1. The normalized spacial score (nSPS) is 13.3. The van der Waals surface area contributed by atoms with Gasteiger partial charge in [-0.3, -0.25) is 4.90 Å². The van der Waals surface area contributed by atoms with Gasteiger partial charge in [-0.05, 0) is 63.6 Å². The smallest absolute Gasteiger partial charge is 0.227 e. The molecule has 0 aliphatic heterocycles. The van der Waals surface area contributed by atoms with Crippen molar-refractivity contribution >= 4 is 0 Å². The molecule has 6 nitrogen and oxygen atoms in total. The van der Waals surface area contributed by atoms with Crippen molar-refractivity contribution in [1.82, 2.24) is 14.7 Å². The Morgan fingerprint density at radius 3 is 2.42 bits per heavy atom. The van der Waals surface area contributed by atoms with E-state index in [1.54, 1.807) is 16.8 Å². The van der Waals surface area contributed by atoms with E-state index >= 15 is 0 Å². The van der Waals surface area contributed by atoms with E-state index in [9.17, 15) is 9.50 Å². The molecule has 1 N–H and O–H groups in total. The Balaban J connectivity index is 1.97. The third-order valence-electron chi connectivity index (χ3n) is 5.70. The lowest BCUT2D eigenvalue weighted by Crippen LogP contribution is -2.40. The number of aliphatic hydroxyl groups excluding tert-OH is 1. The van der Waals surface area contributed by atoms with Crippen LogP contribution >= 0.6 is 0 Å². The number of hydrogen-bond acceptors (Lipinski definition) is 5. The van der Waals surface area contributed by atoms with Crippen LogP contribution in [0.1, 0.15) is 38.4 Å². The molecule has 7 heteroatoms. The number of aromatic nitrogens is 2. The molecule has 3 rings (SSSR count). The fraction of sp³-hybridized carbons (Fsp3) is 0.423. The second kappa shape index (κ2) is 11.9. The first-order valence-corrected chi connectivity index (χ1v) is 11.5. The summed E-state index contributed by atoms with van der Waals surface area (Å²) in [5.41, 5.74) is 2.63. The molecule has 0 unspecified atom stereocenters. The second-order valence-electron chi connectivity index (χ2n) is 8.17. The highest BCUT2D eigenvalue weighted by Gasteiger charge is 2.24. The van der Waals surface area contributed by atoms with Crippen molar-refractivity contribution in [1.29, 1.82) is 0 Å². The van der Waals surface area contributed by atoms with E-state index in [4.69, 9.17) is 14.6 Å². The first-order valence-electron chi connectivity index (χ1n) is 11.5. The van der Waals surface area contributed by atoms with E-state index in [2.05, 4.69) is 18.7 Å². The largest absolute Gasteiger partial charge is 0.439 e. The van der Waals surface area contributed by atoms with Crippen molar-refractivity contribution in [3.63, 3.8) is 0 Å². The summed E-state index contributed by atoms with van der Waals surface area (Å²) in [4.78, 5) is 2.22. The minimum absolute atomic E-state index is 0.236. The highest BCUT2D eigenvalue weighted by molar-refractivity contribution is 5.43. The Morgan fingerprint density at radius 1 is 1.09 bits per heavy atom. The van der Waals surface area contributed by atoms with Crippen molar-refractivity contribution < 1.29 is 19.0 Å². The molecule has 178 valence electrons. The number of hydrogen-bond donors (Lipinski definition) is 1. The van der Waals surface area contributed by atoms with Crippen LogP contribution < -0.4 is 4.74 Å². The highest BCUT2D eigenvalue weighted by atomic mass is 19.1. The Morgan fingerprint density at radius 2 is 1.79 bits per heavy atom. The molecule has 0 fully saturated rings. The van der Waals surface area contributed by atoms with Gasteiger partial charge < -0.3 is 14.6 Å². The number of benzene rings is 2. The van der Waals surface area contributed by atoms with Gasteiger partial charge in [-0.15, -0.1) is 0 Å². The molecule has 2 aromatic carbocycles. The van der Waals surface area contributed by atoms with Crippen LogP contribution in [0.3, 0.4) is 0 Å². The summed E-state index contributed by atoms with van der Waals surface area (Å²) in [6.07, 6.45) is 0.339. The average Bonchev–Trinajstić information content (AvgIpc) is 3.13. The molecule has 33 heavy (non-hydrogen) atoms. The molecule has 0 amide bonds. The topological polar surface area (TPSA) is 59.8 Å². The standard InChI is InChI=1S/C26H34FN3O3/c1-5-19(3)29(16-23(31)18-32-6-2)17-25-20(4)28-30(22-10-8-7-9-11-22)26(25)33-24-14-12-21(27)13-15-24/h7-15,19,23,31H,5-6,16-18H2,1-4H3/t19-,23+/m0/s1. The Bertz CT molecular complexity index is 992. The molecule has 0 aliphatic rings. The van der Waals surface area contributed by atoms with Crippen molar-refractivity contribution in [3.8, 4) is 17.3 Å². The van der Waals surface area contributed by atoms with E-state index in [0.29, 0.717) is 37.9 Å². The molecule has 0 bridgehead atoms. The number of aryl methyl sites for hydroxylation is 1. The molecule has 0 saturated heterocycles. The van der Waals surface area contributed by atoms with Crippen LogP contribution in [0.2, 0.25) is 0 Å². The van der Waals surface area contributed by atoms with Crippen LogP contribution in [0.15, 0.2) is 54.6 Å². The minimum Gasteiger partial charge on any atom is -0.439 e. The van der Waals surface area contributed by atoms with Crippen LogP contribution in [-0.4, -0.2) is 51.7 Å². The minimum atomic E-state index is -0.593. The maximum Gasteiger partial charge on any atom is 0.227 e. The molecular formula is C26H34FN3O3. The summed E-state index contributed by atoms with van der Waals surface area (Å²) in [5, 5.41) is 15.3. The van der Waals surface area contributed by atoms with Crippen molar-refractivity contribution in [3.05, 3.63) is 71.7 Å². The summed E-state index contributed by atoms with van der Waals surface area (Å²) in [7, 11) is 0. The third kappa shape index (κ3) is 6.63. The lowest BCUT2D eigenvalue weighted by molar-refractivity contribution is 0.0111. The number of rotatable bonds is 12. The fourth-order valence-electron chi connectivity index (χ4n) is 3.62. The van der Waals surface area contributed by atoms with E-state index < -0.39 is 6.10 Å². The van der Waals surface area contributed by atoms with Crippen molar-refractivity contribution in [2.75, 3.05) is 19.8 Å². The maximum absolute atomic E-state index is 13.4. The summed E-state index contributed by atoms with van der Waals surface area (Å²) in [6, 6.07) is 16.0. The van der Waals surface area contributed by atoms with E-state index in [1.165, 1.54) is 12.1 Å².